The maximum atomic E-state index is 12.3. The molecule has 0 aromatic heterocycles. The van der Waals surface area contributed by atoms with Gasteiger partial charge in [-0.05, 0) is 13.0 Å². The van der Waals surface area contributed by atoms with Crippen LogP contribution in [0.25, 0.3) is 0 Å². The Labute approximate surface area is 142 Å². The number of ether oxygens (including phenoxy) is 2. The molecule has 1 aromatic rings. The molecule has 1 aromatic carbocycles. The van der Waals surface area contributed by atoms with Gasteiger partial charge in [0.1, 0.15) is 5.92 Å². The van der Waals surface area contributed by atoms with Gasteiger partial charge >= 0.3 is 5.97 Å². The number of aliphatic imine (C=N–C) groups is 2. The number of carbonyl (C=O) groups excluding carboxylic acids is 1. The summed E-state index contributed by atoms with van der Waals surface area (Å²) in [5.41, 5.74) is 2.52. The van der Waals surface area contributed by atoms with Crippen molar-refractivity contribution < 1.29 is 14.3 Å². The summed E-state index contributed by atoms with van der Waals surface area (Å²) in [6.07, 6.45) is 1.65. The SMILES string of the molecule is CCOC(=O)C1C=Nc2ccccc2C1=NCCN1CCOCC1. The lowest BCUT2D eigenvalue weighted by Crippen LogP contribution is -2.38. The zero-order valence-corrected chi connectivity index (χ0v) is 14.0. The molecule has 6 nitrogen and oxygen atoms in total. The van der Waals surface area contributed by atoms with Gasteiger partial charge in [0.05, 0.1) is 37.8 Å². The second kappa shape index (κ2) is 8.17. The van der Waals surface area contributed by atoms with Crippen LogP contribution in [-0.4, -0.2) is 68.8 Å². The van der Waals surface area contributed by atoms with Crippen molar-refractivity contribution in [2.24, 2.45) is 15.9 Å². The van der Waals surface area contributed by atoms with Crippen LogP contribution in [0, 0.1) is 5.92 Å². The van der Waals surface area contributed by atoms with Crippen LogP contribution in [0.1, 0.15) is 12.5 Å². The number of para-hydroxylation sites is 1. The lowest BCUT2D eigenvalue weighted by Gasteiger charge is -2.26. The summed E-state index contributed by atoms with van der Waals surface area (Å²) in [4.78, 5) is 23.7. The number of hydrogen-bond donors (Lipinski definition) is 0. The number of morpholine rings is 1. The Bertz CT molecular complexity index is 636. The van der Waals surface area contributed by atoms with Gasteiger partial charge in [-0.3, -0.25) is 19.7 Å². The van der Waals surface area contributed by atoms with Crippen molar-refractivity contribution in [2.75, 3.05) is 46.0 Å². The van der Waals surface area contributed by atoms with Gasteiger partial charge in [0.2, 0.25) is 0 Å². The molecule has 1 fully saturated rings. The summed E-state index contributed by atoms with van der Waals surface area (Å²) in [6, 6.07) is 7.78. The fraction of sp³-hybridized carbons (Fsp3) is 0.500. The van der Waals surface area contributed by atoms with Crippen LogP contribution in [-0.2, 0) is 14.3 Å². The van der Waals surface area contributed by atoms with Crippen LogP contribution in [0.15, 0.2) is 34.3 Å². The minimum Gasteiger partial charge on any atom is -0.465 e. The maximum absolute atomic E-state index is 12.3. The van der Waals surface area contributed by atoms with Crippen molar-refractivity contribution in [3.05, 3.63) is 29.8 Å². The smallest absolute Gasteiger partial charge is 0.320 e. The molecule has 1 saturated heterocycles. The van der Waals surface area contributed by atoms with Gasteiger partial charge in [-0.25, -0.2) is 0 Å². The molecule has 0 amide bonds. The molecule has 6 heteroatoms. The number of hydrogen-bond acceptors (Lipinski definition) is 6. The van der Waals surface area contributed by atoms with Gasteiger partial charge < -0.3 is 9.47 Å². The number of fused-ring (bicyclic) bond motifs is 1. The van der Waals surface area contributed by atoms with Crippen LogP contribution in [0.2, 0.25) is 0 Å². The first-order valence-corrected chi connectivity index (χ1v) is 8.44. The van der Waals surface area contributed by atoms with Gasteiger partial charge in [0, 0.05) is 31.4 Å². The monoisotopic (exact) mass is 329 g/mol. The van der Waals surface area contributed by atoms with Crippen LogP contribution in [0.5, 0.6) is 0 Å². The Morgan fingerprint density at radius 1 is 1.38 bits per heavy atom. The second-order valence-corrected chi connectivity index (χ2v) is 5.75. The predicted molar refractivity (Wildman–Crippen MR) is 93.4 cm³/mol. The first-order chi connectivity index (χ1) is 11.8. The zero-order valence-electron chi connectivity index (χ0n) is 14.0. The third-order valence-electron chi connectivity index (χ3n) is 4.18. The average molecular weight is 329 g/mol. The number of benzene rings is 1. The quantitative estimate of drug-likeness (QED) is 0.772. The largest absolute Gasteiger partial charge is 0.465 e. The highest BCUT2D eigenvalue weighted by Gasteiger charge is 2.29. The van der Waals surface area contributed by atoms with E-state index in [-0.39, 0.29) is 5.97 Å². The predicted octanol–water partition coefficient (Wildman–Crippen LogP) is 1.70. The van der Waals surface area contributed by atoms with Crippen LogP contribution < -0.4 is 0 Å². The van der Waals surface area contributed by atoms with E-state index >= 15 is 0 Å². The Morgan fingerprint density at radius 2 is 2.17 bits per heavy atom. The average Bonchev–Trinajstić information content (AvgIpc) is 2.63. The summed E-state index contributed by atoms with van der Waals surface area (Å²) >= 11 is 0. The van der Waals surface area contributed by atoms with Crippen molar-refractivity contribution >= 4 is 23.6 Å². The van der Waals surface area contributed by atoms with Gasteiger partial charge in [-0.15, -0.1) is 0 Å². The normalized spacial score (nSPS) is 22.4. The molecule has 0 radical (unpaired) electrons. The van der Waals surface area contributed by atoms with E-state index < -0.39 is 5.92 Å². The molecule has 3 rings (SSSR count). The molecule has 24 heavy (non-hydrogen) atoms. The molecule has 0 aliphatic carbocycles. The van der Waals surface area contributed by atoms with E-state index in [0.29, 0.717) is 13.2 Å². The standard InChI is InChI=1S/C18H23N3O3/c1-2-24-18(22)15-13-20-16-6-4-3-5-14(16)17(15)19-7-8-21-9-11-23-12-10-21/h3-6,13,15H,2,7-12H2,1H3. The summed E-state index contributed by atoms with van der Waals surface area (Å²) in [7, 11) is 0. The summed E-state index contributed by atoms with van der Waals surface area (Å²) in [5.74, 6) is -0.814. The highest BCUT2D eigenvalue weighted by molar-refractivity contribution is 6.24. The van der Waals surface area contributed by atoms with Gasteiger partial charge in [0.25, 0.3) is 0 Å². The molecular weight excluding hydrogens is 306 g/mol. The van der Waals surface area contributed by atoms with E-state index in [1.165, 1.54) is 0 Å². The van der Waals surface area contributed by atoms with Crippen molar-refractivity contribution in [1.29, 1.82) is 0 Å². The third kappa shape index (κ3) is 3.88. The molecule has 0 bridgehead atoms. The van der Waals surface area contributed by atoms with Crippen LogP contribution >= 0.6 is 0 Å². The van der Waals surface area contributed by atoms with Crippen molar-refractivity contribution in [3.63, 3.8) is 0 Å². The molecule has 2 aliphatic heterocycles. The van der Waals surface area contributed by atoms with Gasteiger partial charge in [-0.2, -0.15) is 0 Å². The molecule has 128 valence electrons. The first-order valence-electron chi connectivity index (χ1n) is 8.44. The van der Waals surface area contributed by atoms with Gasteiger partial charge in [0.15, 0.2) is 0 Å². The fourth-order valence-electron chi connectivity index (χ4n) is 2.92. The first kappa shape index (κ1) is 16.8. The minimum absolute atomic E-state index is 0.291. The van der Waals surface area contributed by atoms with E-state index in [1.807, 2.05) is 24.3 Å². The molecular formula is C18H23N3O3. The Morgan fingerprint density at radius 3 is 2.96 bits per heavy atom. The molecule has 0 N–H and O–H groups in total. The summed E-state index contributed by atoms with van der Waals surface area (Å²) < 4.78 is 10.5. The van der Waals surface area contributed by atoms with E-state index in [9.17, 15) is 4.79 Å². The lowest BCUT2D eigenvalue weighted by molar-refractivity contribution is -0.143. The van der Waals surface area contributed by atoms with E-state index in [2.05, 4.69) is 9.89 Å². The molecule has 2 aliphatic rings. The summed E-state index contributed by atoms with van der Waals surface area (Å²) in [5, 5.41) is 0. The van der Waals surface area contributed by atoms with E-state index in [4.69, 9.17) is 14.5 Å². The third-order valence-corrected chi connectivity index (χ3v) is 4.18. The molecule has 1 atom stereocenters. The molecule has 0 spiro atoms. The molecule has 2 heterocycles. The topological polar surface area (TPSA) is 63.5 Å². The highest BCUT2D eigenvalue weighted by Crippen LogP contribution is 2.27. The molecule has 0 saturated carbocycles. The van der Waals surface area contributed by atoms with Crippen molar-refractivity contribution in [2.45, 2.75) is 6.92 Å². The number of carbonyl (C=O) groups is 1. The highest BCUT2D eigenvalue weighted by atomic mass is 16.5. The minimum atomic E-state index is -0.524. The molecule has 1 unspecified atom stereocenters. The summed E-state index contributed by atoms with van der Waals surface area (Å²) in [6.45, 7) is 7.09. The van der Waals surface area contributed by atoms with Gasteiger partial charge in [-0.1, -0.05) is 18.2 Å². The van der Waals surface area contributed by atoms with Crippen molar-refractivity contribution in [3.8, 4) is 0 Å². The fourth-order valence-corrected chi connectivity index (χ4v) is 2.92. The lowest BCUT2D eigenvalue weighted by atomic mass is 9.93. The Hall–Kier alpha value is -2.05. The number of nitrogens with zero attached hydrogens (tertiary/aromatic N) is 3. The van der Waals surface area contributed by atoms with Crippen LogP contribution in [0.4, 0.5) is 5.69 Å². The van der Waals surface area contributed by atoms with E-state index in [1.54, 1.807) is 13.1 Å². The van der Waals surface area contributed by atoms with E-state index in [0.717, 1.165) is 49.8 Å². The maximum Gasteiger partial charge on any atom is 0.320 e. The zero-order chi connectivity index (χ0) is 16.8. The van der Waals surface area contributed by atoms with Crippen LogP contribution in [0.3, 0.4) is 0 Å². The Kier molecular flexibility index (Phi) is 5.72. The second-order valence-electron chi connectivity index (χ2n) is 5.75. The Balaban J connectivity index is 1.77. The number of esters is 1. The number of rotatable bonds is 5. The van der Waals surface area contributed by atoms with Crippen molar-refractivity contribution in [1.82, 2.24) is 4.90 Å².